The summed E-state index contributed by atoms with van der Waals surface area (Å²) in [6.45, 7) is 9.66. The van der Waals surface area contributed by atoms with Crippen molar-refractivity contribution in [2.45, 2.75) is 111 Å². The second-order valence-corrected chi connectivity index (χ2v) is 14.6. The fraction of sp³-hybridized carbons (Fsp3) is 0.967. The Morgan fingerprint density at radius 2 is 1.74 bits per heavy atom. The van der Waals surface area contributed by atoms with Crippen LogP contribution in [-0.4, -0.2) is 45.5 Å². The molecular formula is C30H52O4S. The maximum atomic E-state index is 11.3. The SMILES string of the molecule is CC(CO)CCC(O)[C@@H](C)[C@H]1C(CCSC=O)C[C@H]2[C@@H]3CCC4CC(O)CC[C@]4(C)[C@H]3CC[C@]12C. The van der Waals surface area contributed by atoms with Gasteiger partial charge < -0.3 is 15.3 Å². The molecule has 0 saturated heterocycles. The molecule has 0 amide bonds. The van der Waals surface area contributed by atoms with Crippen LogP contribution in [0.5, 0.6) is 0 Å². The first kappa shape index (κ1) is 27.9. The van der Waals surface area contributed by atoms with E-state index < -0.39 is 0 Å². The zero-order valence-corrected chi connectivity index (χ0v) is 23.5. The average molecular weight is 509 g/mol. The Morgan fingerprint density at radius 1 is 1.00 bits per heavy atom. The molecule has 5 heteroatoms. The van der Waals surface area contributed by atoms with Crippen LogP contribution in [0.15, 0.2) is 0 Å². The van der Waals surface area contributed by atoms with Gasteiger partial charge in [-0.1, -0.05) is 39.5 Å². The standard InChI is InChI=1S/C30H52O4S/c1-19(17-31)5-8-27(34)20(2)28-21(11-14-35-18-32)15-26-24-7-6-22-16-23(33)9-12-29(22,3)25(24)10-13-30(26,28)4/h18-28,31,33-34H,5-17H2,1-4H3/t19?,20-,21?,22?,23?,24-,25+,26+,27?,28+,29+,30+/m1/s1. The van der Waals surface area contributed by atoms with Crippen molar-refractivity contribution < 1.29 is 20.1 Å². The van der Waals surface area contributed by atoms with E-state index in [0.717, 1.165) is 55.3 Å². The summed E-state index contributed by atoms with van der Waals surface area (Å²) in [6, 6.07) is 0. The lowest BCUT2D eigenvalue weighted by Gasteiger charge is -2.61. The number of rotatable bonds is 10. The molecule has 0 aromatic heterocycles. The van der Waals surface area contributed by atoms with Gasteiger partial charge in [0, 0.05) is 12.4 Å². The molecule has 4 saturated carbocycles. The van der Waals surface area contributed by atoms with Gasteiger partial charge in [-0.05, 0) is 129 Å². The lowest BCUT2D eigenvalue weighted by molar-refractivity contribution is -0.132. The Hall–Kier alpha value is -0.100. The zero-order chi connectivity index (χ0) is 25.4. The van der Waals surface area contributed by atoms with E-state index in [0.29, 0.717) is 29.1 Å². The van der Waals surface area contributed by atoms with Crippen LogP contribution < -0.4 is 0 Å². The Kier molecular flexibility index (Phi) is 9.04. The number of carbonyl (C=O) groups excluding carboxylic acids is 1. The lowest BCUT2D eigenvalue weighted by atomic mass is 9.44. The van der Waals surface area contributed by atoms with Crippen molar-refractivity contribution in [1.29, 1.82) is 0 Å². The molecule has 202 valence electrons. The molecule has 0 radical (unpaired) electrons. The van der Waals surface area contributed by atoms with E-state index in [4.69, 9.17) is 0 Å². The number of aliphatic hydroxyl groups is 3. The van der Waals surface area contributed by atoms with Crippen LogP contribution in [0.3, 0.4) is 0 Å². The Labute approximate surface area is 218 Å². The fourth-order valence-electron chi connectivity index (χ4n) is 10.1. The molecule has 4 rings (SSSR count). The molecule has 4 fully saturated rings. The minimum Gasteiger partial charge on any atom is -0.396 e. The average Bonchev–Trinajstić information content (AvgIpc) is 3.14. The first-order valence-electron chi connectivity index (χ1n) is 14.7. The molecule has 4 aliphatic rings. The molecule has 0 spiro atoms. The van der Waals surface area contributed by atoms with Gasteiger partial charge in [0.15, 0.2) is 5.62 Å². The van der Waals surface area contributed by atoms with Crippen molar-refractivity contribution in [2.24, 2.45) is 58.2 Å². The Bertz CT molecular complexity index is 716. The van der Waals surface area contributed by atoms with Crippen LogP contribution >= 0.6 is 11.8 Å². The lowest BCUT2D eigenvalue weighted by Crippen LogP contribution is -2.54. The topological polar surface area (TPSA) is 77.8 Å². The minimum atomic E-state index is -0.323. The monoisotopic (exact) mass is 508 g/mol. The molecule has 5 unspecified atom stereocenters. The Morgan fingerprint density at radius 3 is 2.46 bits per heavy atom. The van der Waals surface area contributed by atoms with E-state index in [2.05, 4.69) is 27.7 Å². The van der Waals surface area contributed by atoms with E-state index in [1.54, 1.807) is 0 Å². The van der Waals surface area contributed by atoms with Crippen molar-refractivity contribution in [3.8, 4) is 0 Å². The predicted molar refractivity (Wildman–Crippen MR) is 145 cm³/mol. The molecule has 12 atom stereocenters. The molecule has 0 aromatic rings. The van der Waals surface area contributed by atoms with Crippen LogP contribution in [0.1, 0.15) is 98.3 Å². The van der Waals surface area contributed by atoms with E-state index in [1.807, 2.05) is 0 Å². The van der Waals surface area contributed by atoms with Gasteiger partial charge >= 0.3 is 0 Å². The number of fused-ring (bicyclic) bond motifs is 5. The zero-order valence-electron chi connectivity index (χ0n) is 22.7. The first-order chi connectivity index (χ1) is 16.7. The highest BCUT2D eigenvalue weighted by atomic mass is 32.2. The number of hydrogen-bond acceptors (Lipinski definition) is 5. The van der Waals surface area contributed by atoms with E-state index in [9.17, 15) is 20.1 Å². The van der Waals surface area contributed by atoms with Gasteiger partial charge in [0.1, 0.15) is 0 Å². The van der Waals surface area contributed by atoms with Gasteiger partial charge in [-0.15, -0.1) is 0 Å². The van der Waals surface area contributed by atoms with Gasteiger partial charge in [-0.2, -0.15) is 0 Å². The van der Waals surface area contributed by atoms with Crippen LogP contribution in [0.2, 0.25) is 0 Å². The first-order valence-corrected chi connectivity index (χ1v) is 15.7. The van der Waals surface area contributed by atoms with E-state index in [-0.39, 0.29) is 36.1 Å². The normalized spacial score (nSPS) is 45.6. The summed E-state index contributed by atoms with van der Waals surface area (Å²) in [5.41, 5.74) is 1.64. The van der Waals surface area contributed by atoms with Gasteiger partial charge in [-0.25, -0.2) is 0 Å². The van der Waals surface area contributed by atoms with Gasteiger partial charge in [0.05, 0.1) is 12.2 Å². The molecule has 0 heterocycles. The molecule has 3 N–H and O–H groups in total. The summed E-state index contributed by atoms with van der Waals surface area (Å²) in [5.74, 6) is 5.41. The highest BCUT2D eigenvalue weighted by molar-refractivity contribution is 8.11. The second kappa shape index (κ2) is 11.3. The number of aliphatic hydroxyl groups excluding tert-OH is 3. The highest BCUT2D eigenvalue weighted by Crippen LogP contribution is 2.69. The summed E-state index contributed by atoms with van der Waals surface area (Å²) in [7, 11) is 0. The highest BCUT2D eigenvalue weighted by Gasteiger charge is 2.63. The molecule has 0 aliphatic heterocycles. The Balaban J connectivity index is 1.56. The molecular weight excluding hydrogens is 456 g/mol. The predicted octanol–water partition coefficient (Wildman–Crippen LogP) is 5.95. The van der Waals surface area contributed by atoms with E-state index in [1.165, 1.54) is 50.3 Å². The molecule has 0 aromatic carbocycles. The summed E-state index contributed by atoms with van der Waals surface area (Å²) < 4.78 is 0. The van der Waals surface area contributed by atoms with Crippen molar-refractivity contribution >= 4 is 17.4 Å². The molecule has 4 nitrogen and oxygen atoms in total. The third kappa shape index (κ3) is 5.27. The summed E-state index contributed by atoms with van der Waals surface area (Å²) in [4.78, 5) is 11.1. The van der Waals surface area contributed by atoms with Crippen molar-refractivity contribution in [2.75, 3.05) is 12.4 Å². The van der Waals surface area contributed by atoms with Crippen LogP contribution in [0.4, 0.5) is 0 Å². The van der Waals surface area contributed by atoms with Crippen LogP contribution in [-0.2, 0) is 4.79 Å². The summed E-state index contributed by atoms with van der Waals surface area (Å²) in [6.07, 6.45) is 11.9. The minimum absolute atomic E-state index is 0.0927. The van der Waals surface area contributed by atoms with Crippen LogP contribution in [0.25, 0.3) is 0 Å². The summed E-state index contributed by atoms with van der Waals surface area (Å²) in [5, 5.41) is 31.1. The van der Waals surface area contributed by atoms with Crippen LogP contribution in [0, 0.1) is 58.2 Å². The number of carbonyl (C=O) groups is 1. The van der Waals surface area contributed by atoms with Gasteiger partial charge in [0.2, 0.25) is 0 Å². The quantitative estimate of drug-likeness (QED) is 0.251. The molecule has 4 aliphatic carbocycles. The summed E-state index contributed by atoms with van der Waals surface area (Å²) >= 11 is 1.41. The largest absolute Gasteiger partial charge is 0.396 e. The van der Waals surface area contributed by atoms with Gasteiger partial charge in [0.25, 0.3) is 0 Å². The fourth-order valence-corrected chi connectivity index (χ4v) is 10.6. The maximum Gasteiger partial charge on any atom is 0.176 e. The second-order valence-electron chi connectivity index (χ2n) is 13.7. The number of hydrogen-bond donors (Lipinski definition) is 3. The van der Waals surface area contributed by atoms with Crippen molar-refractivity contribution in [1.82, 2.24) is 0 Å². The maximum absolute atomic E-state index is 11.3. The third-order valence-electron chi connectivity index (χ3n) is 12.0. The van der Waals surface area contributed by atoms with Crippen molar-refractivity contribution in [3.63, 3.8) is 0 Å². The van der Waals surface area contributed by atoms with E-state index >= 15 is 0 Å². The molecule has 0 bridgehead atoms. The number of thioether (sulfide) groups is 1. The smallest absolute Gasteiger partial charge is 0.176 e. The third-order valence-corrected chi connectivity index (χ3v) is 12.6. The van der Waals surface area contributed by atoms with Gasteiger partial charge in [-0.3, -0.25) is 4.79 Å². The van der Waals surface area contributed by atoms with Crippen molar-refractivity contribution in [3.05, 3.63) is 0 Å². The molecule has 35 heavy (non-hydrogen) atoms.